The largest absolute Gasteiger partial charge is 0.384 e. The molecular formula is C18H22FN3O. The maximum absolute atomic E-state index is 13.5. The summed E-state index contributed by atoms with van der Waals surface area (Å²) in [5.41, 5.74) is 1.86. The number of benzene rings is 1. The molecule has 0 aliphatic rings. The van der Waals surface area contributed by atoms with Crippen LogP contribution in [0.3, 0.4) is 0 Å². The Morgan fingerprint density at radius 1 is 1.17 bits per heavy atom. The maximum atomic E-state index is 13.5. The molecule has 2 rings (SSSR count). The second-order valence-corrected chi connectivity index (χ2v) is 5.31. The van der Waals surface area contributed by atoms with E-state index in [9.17, 15) is 9.18 Å². The summed E-state index contributed by atoms with van der Waals surface area (Å²) in [4.78, 5) is 16.2. The van der Waals surface area contributed by atoms with Crippen molar-refractivity contribution < 1.29 is 9.18 Å². The number of amides is 1. The van der Waals surface area contributed by atoms with Crippen molar-refractivity contribution in [1.29, 1.82) is 0 Å². The van der Waals surface area contributed by atoms with E-state index < -0.39 is 0 Å². The molecule has 0 fully saturated rings. The summed E-state index contributed by atoms with van der Waals surface area (Å²) < 4.78 is 13.5. The molecule has 1 amide bonds. The third kappa shape index (κ3) is 5.36. The molecule has 0 unspecified atom stereocenters. The Hall–Kier alpha value is -2.43. The van der Waals surface area contributed by atoms with E-state index in [1.165, 1.54) is 6.07 Å². The Morgan fingerprint density at radius 3 is 2.70 bits per heavy atom. The fourth-order valence-corrected chi connectivity index (χ4v) is 2.14. The predicted octanol–water partition coefficient (Wildman–Crippen LogP) is 3.41. The van der Waals surface area contributed by atoms with Gasteiger partial charge >= 0.3 is 0 Å². The first kappa shape index (κ1) is 16.9. The molecule has 0 bridgehead atoms. The van der Waals surface area contributed by atoms with Crippen molar-refractivity contribution in [3.63, 3.8) is 0 Å². The molecule has 1 aromatic heterocycles. The summed E-state index contributed by atoms with van der Waals surface area (Å²) in [6, 6.07) is 10.1. The molecule has 23 heavy (non-hydrogen) atoms. The Balaban J connectivity index is 1.80. The van der Waals surface area contributed by atoms with Crippen LogP contribution in [0.4, 0.5) is 10.1 Å². The number of pyridine rings is 1. The first-order chi connectivity index (χ1) is 11.2. The molecular weight excluding hydrogens is 293 g/mol. The third-order valence-electron chi connectivity index (χ3n) is 3.49. The van der Waals surface area contributed by atoms with Crippen LogP contribution in [0.5, 0.6) is 0 Å². The number of unbranched alkanes of at least 4 members (excludes halogenated alkanes) is 1. The fourth-order valence-electron chi connectivity index (χ4n) is 2.14. The highest BCUT2D eigenvalue weighted by Crippen LogP contribution is 2.08. The van der Waals surface area contributed by atoms with E-state index in [-0.39, 0.29) is 11.7 Å². The Bertz CT molecular complexity index is 628. The molecule has 2 aromatic rings. The van der Waals surface area contributed by atoms with Gasteiger partial charge < -0.3 is 10.6 Å². The van der Waals surface area contributed by atoms with E-state index in [1.54, 1.807) is 30.5 Å². The number of hydrogen-bond donors (Lipinski definition) is 2. The third-order valence-corrected chi connectivity index (χ3v) is 3.49. The standard InChI is InChI=1S/C18H22FN3O/c1-2-3-11-20-15-8-9-17(22-13-15)18(23)21-12-10-14-6-4-5-7-16(14)19/h4-9,13,20H,2-3,10-12H2,1H3,(H,21,23). The molecule has 1 heterocycles. The van der Waals surface area contributed by atoms with E-state index in [2.05, 4.69) is 22.5 Å². The van der Waals surface area contributed by atoms with Crippen LogP contribution in [0.25, 0.3) is 0 Å². The summed E-state index contributed by atoms with van der Waals surface area (Å²) in [5, 5.41) is 6.00. The van der Waals surface area contributed by atoms with Crippen LogP contribution in [0, 0.1) is 5.82 Å². The second kappa shape index (κ2) is 8.88. The lowest BCUT2D eigenvalue weighted by Gasteiger charge is -2.07. The number of carbonyl (C=O) groups is 1. The van der Waals surface area contributed by atoms with E-state index in [0.29, 0.717) is 24.2 Å². The molecule has 2 N–H and O–H groups in total. The molecule has 5 heteroatoms. The van der Waals surface area contributed by atoms with Gasteiger partial charge in [0.2, 0.25) is 0 Å². The number of halogens is 1. The van der Waals surface area contributed by atoms with Crippen LogP contribution >= 0.6 is 0 Å². The molecule has 0 atom stereocenters. The van der Waals surface area contributed by atoms with Gasteiger partial charge in [-0.1, -0.05) is 31.5 Å². The maximum Gasteiger partial charge on any atom is 0.269 e. The lowest BCUT2D eigenvalue weighted by Crippen LogP contribution is -2.26. The van der Waals surface area contributed by atoms with Gasteiger partial charge in [0.15, 0.2) is 0 Å². The molecule has 0 spiro atoms. The van der Waals surface area contributed by atoms with E-state index >= 15 is 0 Å². The van der Waals surface area contributed by atoms with Gasteiger partial charge in [-0.3, -0.25) is 4.79 Å². The highest BCUT2D eigenvalue weighted by molar-refractivity contribution is 5.92. The number of anilines is 1. The number of rotatable bonds is 8. The molecule has 4 nitrogen and oxygen atoms in total. The fraction of sp³-hybridized carbons (Fsp3) is 0.333. The lowest BCUT2D eigenvalue weighted by atomic mass is 10.1. The van der Waals surface area contributed by atoms with Crippen molar-refractivity contribution in [1.82, 2.24) is 10.3 Å². The highest BCUT2D eigenvalue weighted by Gasteiger charge is 2.07. The van der Waals surface area contributed by atoms with Gasteiger partial charge in [-0.05, 0) is 36.6 Å². The van der Waals surface area contributed by atoms with Gasteiger partial charge in [-0.2, -0.15) is 0 Å². The molecule has 0 radical (unpaired) electrons. The van der Waals surface area contributed by atoms with Gasteiger partial charge in [0, 0.05) is 13.1 Å². The van der Waals surface area contributed by atoms with E-state index in [0.717, 1.165) is 25.1 Å². The monoisotopic (exact) mass is 315 g/mol. The summed E-state index contributed by atoms with van der Waals surface area (Å²) in [7, 11) is 0. The van der Waals surface area contributed by atoms with Crippen LogP contribution in [-0.2, 0) is 6.42 Å². The lowest BCUT2D eigenvalue weighted by molar-refractivity contribution is 0.0949. The van der Waals surface area contributed by atoms with Crippen molar-refractivity contribution >= 4 is 11.6 Å². The average Bonchev–Trinajstić information content (AvgIpc) is 2.57. The van der Waals surface area contributed by atoms with Crippen molar-refractivity contribution in [2.45, 2.75) is 26.2 Å². The average molecular weight is 315 g/mol. The van der Waals surface area contributed by atoms with Crippen molar-refractivity contribution in [3.05, 3.63) is 59.7 Å². The van der Waals surface area contributed by atoms with Gasteiger partial charge in [-0.15, -0.1) is 0 Å². The Kier molecular flexibility index (Phi) is 6.54. The SMILES string of the molecule is CCCCNc1ccc(C(=O)NCCc2ccccc2F)nc1. The molecule has 0 aliphatic carbocycles. The van der Waals surface area contributed by atoms with Gasteiger partial charge in [0.25, 0.3) is 5.91 Å². The van der Waals surface area contributed by atoms with Crippen molar-refractivity contribution in [2.24, 2.45) is 0 Å². The minimum atomic E-state index is -0.249. The quantitative estimate of drug-likeness (QED) is 0.734. The predicted molar refractivity (Wildman–Crippen MR) is 90.1 cm³/mol. The first-order valence-corrected chi connectivity index (χ1v) is 7.92. The summed E-state index contributed by atoms with van der Waals surface area (Å²) in [6.45, 7) is 3.40. The minimum absolute atomic E-state index is 0.248. The number of aromatic nitrogens is 1. The van der Waals surface area contributed by atoms with Gasteiger partial charge in [0.1, 0.15) is 11.5 Å². The zero-order chi connectivity index (χ0) is 16.5. The van der Waals surface area contributed by atoms with E-state index in [4.69, 9.17) is 0 Å². The molecule has 1 aromatic carbocycles. The molecule has 0 aliphatic heterocycles. The van der Waals surface area contributed by atoms with Crippen molar-refractivity contribution in [3.8, 4) is 0 Å². The zero-order valence-corrected chi connectivity index (χ0v) is 13.3. The second-order valence-electron chi connectivity index (χ2n) is 5.31. The number of hydrogen-bond acceptors (Lipinski definition) is 3. The highest BCUT2D eigenvalue weighted by atomic mass is 19.1. The summed E-state index contributed by atoms with van der Waals surface area (Å²) in [6.07, 6.45) is 4.33. The number of nitrogens with one attached hydrogen (secondary N) is 2. The van der Waals surface area contributed by atoms with Crippen LogP contribution < -0.4 is 10.6 Å². The van der Waals surface area contributed by atoms with Crippen molar-refractivity contribution in [2.75, 3.05) is 18.4 Å². The number of carbonyl (C=O) groups excluding carboxylic acids is 1. The summed E-state index contributed by atoms with van der Waals surface area (Å²) >= 11 is 0. The van der Waals surface area contributed by atoms with Crippen LogP contribution in [-0.4, -0.2) is 24.0 Å². The topological polar surface area (TPSA) is 54.0 Å². The molecule has 122 valence electrons. The zero-order valence-electron chi connectivity index (χ0n) is 13.3. The Morgan fingerprint density at radius 2 is 2.00 bits per heavy atom. The summed E-state index contributed by atoms with van der Waals surface area (Å²) in [5.74, 6) is -0.496. The Labute approximate surface area is 136 Å². The van der Waals surface area contributed by atoms with Crippen LogP contribution in [0.1, 0.15) is 35.8 Å². The van der Waals surface area contributed by atoms with Gasteiger partial charge in [-0.25, -0.2) is 9.37 Å². The molecule has 0 saturated carbocycles. The number of nitrogens with zero attached hydrogens (tertiary/aromatic N) is 1. The van der Waals surface area contributed by atoms with E-state index in [1.807, 2.05) is 6.07 Å². The van der Waals surface area contributed by atoms with Gasteiger partial charge in [0.05, 0.1) is 11.9 Å². The van der Waals surface area contributed by atoms with Crippen LogP contribution in [0.2, 0.25) is 0 Å². The minimum Gasteiger partial charge on any atom is -0.384 e. The van der Waals surface area contributed by atoms with Crippen LogP contribution in [0.15, 0.2) is 42.6 Å². The molecule has 0 saturated heterocycles. The normalized spacial score (nSPS) is 10.3. The smallest absolute Gasteiger partial charge is 0.269 e. The first-order valence-electron chi connectivity index (χ1n) is 7.92.